The number of aromatic amines is 1. The van der Waals surface area contributed by atoms with E-state index in [1.807, 2.05) is 37.4 Å². The summed E-state index contributed by atoms with van der Waals surface area (Å²) in [4.78, 5) is 17.9. The number of carbonyl (C=O) groups is 1. The minimum atomic E-state index is -1.00. The normalized spacial score (nSPS) is 12.2. The Labute approximate surface area is 199 Å². The molecule has 3 aromatic heterocycles. The van der Waals surface area contributed by atoms with Crippen molar-refractivity contribution >= 4 is 16.9 Å². The number of aliphatic hydroxyl groups excluding tert-OH is 1. The van der Waals surface area contributed by atoms with E-state index in [2.05, 4.69) is 20.4 Å². The number of H-pyrrole nitrogens is 1. The smallest absolute Gasteiger partial charge is 0.335 e. The van der Waals surface area contributed by atoms with Gasteiger partial charge in [0.15, 0.2) is 0 Å². The van der Waals surface area contributed by atoms with Gasteiger partial charge in [-0.3, -0.25) is 10.00 Å². The van der Waals surface area contributed by atoms with Gasteiger partial charge in [-0.1, -0.05) is 18.2 Å². The van der Waals surface area contributed by atoms with E-state index in [4.69, 9.17) is 5.11 Å². The van der Waals surface area contributed by atoms with Gasteiger partial charge in [0, 0.05) is 53.6 Å². The Morgan fingerprint density at radius 2 is 1.89 bits per heavy atom. The summed E-state index contributed by atoms with van der Waals surface area (Å²) in [5.41, 5.74) is 5.68. The summed E-state index contributed by atoms with van der Waals surface area (Å²) < 4.78 is 15.2. The number of hydrogen-bond acceptors (Lipinski definition) is 5. The second kappa shape index (κ2) is 9.13. The third-order valence-electron chi connectivity index (χ3n) is 5.83. The molecular formula is C26H22FN5O3. The Morgan fingerprint density at radius 1 is 1.09 bits per heavy atom. The molecule has 35 heavy (non-hydrogen) atoms. The minimum Gasteiger partial charge on any atom is -0.478 e. The maximum absolute atomic E-state index is 13.5. The average molecular weight is 471 g/mol. The molecule has 0 amide bonds. The molecule has 0 aliphatic carbocycles. The number of nitrogens with one attached hydrogen (secondary N) is 2. The number of aliphatic hydroxyl groups is 1. The highest BCUT2D eigenvalue weighted by Gasteiger charge is 2.15. The van der Waals surface area contributed by atoms with Crippen LogP contribution in [0.4, 0.5) is 4.39 Å². The molecule has 0 aliphatic rings. The van der Waals surface area contributed by atoms with Crippen LogP contribution in [0.5, 0.6) is 0 Å². The first-order chi connectivity index (χ1) is 16.9. The van der Waals surface area contributed by atoms with Crippen molar-refractivity contribution < 1.29 is 19.4 Å². The number of hydrogen-bond donors (Lipinski definition) is 4. The molecule has 5 rings (SSSR count). The number of fused-ring (bicyclic) bond motifs is 1. The summed E-state index contributed by atoms with van der Waals surface area (Å²) in [6.07, 6.45) is 0.432. The molecule has 0 radical (unpaired) electrons. The van der Waals surface area contributed by atoms with Crippen molar-refractivity contribution in [1.29, 1.82) is 0 Å². The van der Waals surface area contributed by atoms with E-state index in [0.29, 0.717) is 17.8 Å². The fourth-order valence-corrected chi connectivity index (χ4v) is 3.99. The lowest BCUT2D eigenvalue weighted by molar-refractivity contribution is 0.0696. The number of aromatic carboxylic acids is 1. The Bertz CT molecular complexity index is 1520. The van der Waals surface area contributed by atoms with Crippen LogP contribution in [0, 0.1) is 5.95 Å². The topological polar surface area (TPSA) is 116 Å². The highest BCUT2D eigenvalue weighted by atomic mass is 19.1. The van der Waals surface area contributed by atoms with E-state index in [9.17, 15) is 14.3 Å². The molecule has 9 heteroatoms. The van der Waals surface area contributed by atoms with Crippen molar-refractivity contribution in [2.24, 2.45) is 7.05 Å². The van der Waals surface area contributed by atoms with Crippen LogP contribution in [0.15, 0.2) is 72.9 Å². The highest BCUT2D eigenvalue weighted by Crippen LogP contribution is 2.29. The number of carboxylic acids is 1. The second-order valence-corrected chi connectivity index (χ2v) is 8.22. The molecule has 0 spiro atoms. The highest BCUT2D eigenvalue weighted by molar-refractivity contribution is 5.89. The van der Waals surface area contributed by atoms with Crippen LogP contribution in [-0.2, 0) is 13.6 Å². The molecule has 4 N–H and O–H groups in total. The maximum Gasteiger partial charge on any atom is 0.335 e. The molecule has 1 atom stereocenters. The summed E-state index contributed by atoms with van der Waals surface area (Å²) in [6, 6.07) is 19.3. The van der Waals surface area contributed by atoms with E-state index >= 15 is 0 Å². The van der Waals surface area contributed by atoms with Gasteiger partial charge in [0.25, 0.3) is 0 Å². The van der Waals surface area contributed by atoms with Crippen molar-refractivity contribution in [3.8, 4) is 22.5 Å². The molecule has 3 heterocycles. The maximum atomic E-state index is 13.5. The van der Waals surface area contributed by atoms with Gasteiger partial charge in [-0.2, -0.15) is 9.49 Å². The predicted molar refractivity (Wildman–Crippen MR) is 129 cm³/mol. The van der Waals surface area contributed by atoms with Crippen molar-refractivity contribution in [2.45, 2.75) is 12.8 Å². The first-order valence-corrected chi connectivity index (χ1v) is 10.9. The van der Waals surface area contributed by atoms with Gasteiger partial charge < -0.3 is 15.2 Å². The van der Waals surface area contributed by atoms with Gasteiger partial charge in [-0.25, -0.2) is 9.78 Å². The van der Waals surface area contributed by atoms with E-state index in [0.717, 1.165) is 33.4 Å². The van der Waals surface area contributed by atoms with Crippen LogP contribution in [-0.4, -0.2) is 35.9 Å². The van der Waals surface area contributed by atoms with Crippen LogP contribution in [0.2, 0.25) is 0 Å². The number of nitrogens with zero attached hydrogens (tertiary/aromatic N) is 3. The first kappa shape index (κ1) is 22.5. The van der Waals surface area contributed by atoms with Gasteiger partial charge in [-0.05, 0) is 48.0 Å². The molecule has 0 saturated carbocycles. The van der Waals surface area contributed by atoms with Crippen LogP contribution >= 0.6 is 0 Å². The monoisotopic (exact) mass is 471 g/mol. The quantitative estimate of drug-likeness (QED) is 0.208. The Balaban J connectivity index is 1.34. The number of halogens is 1. The zero-order chi connectivity index (χ0) is 24.5. The number of pyridine rings is 1. The Hall–Kier alpha value is -4.34. The van der Waals surface area contributed by atoms with Gasteiger partial charge >= 0.3 is 5.97 Å². The second-order valence-electron chi connectivity index (χ2n) is 8.22. The lowest BCUT2D eigenvalue weighted by atomic mass is 10.1. The lowest BCUT2D eigenvalue weighted by Crippen LogP contribution is -2.21. The Morgan fingerprint density at radius 3 is 2.63 bits per heavy atom. The Kier molecular flexibility index (Phi) is 5.86. The fraction of sp³-hybridized carbons (Fsp3) is 0.115. The molecule has 0 fully saturated rings. The zero-order valence-electron chi connectivity index (χ0n) is 18.7. The van der Waals surface area contributed by atoms with Gasteiger partial charge in [0.1, 0.15) is 11.9 Å². The van der Waals surface area contributed by atoms with Crippen molar-refractivity contribution in [1.82, 2.24) is 25.1 Å². The summed E-state index contributed by atoms with van der Waals surface area (Å²) in [6.45, 7) is 0.348. The molecule has 8 nitrogen and oxygen atoms in total. The standard InChI is InChI=1S/C26H22FN5O3/c1-32-23(13-22(31-32)25(33)29-14-15-2-4-16(5-3-15)26(34)35)18-6-7-20-19(10-18)11-21(30-20)17-8-9-28-24(27)12-17/h2-13,25,29-30,33H,14H2,1H3,(H,34,35). The summed E-state index contributed by atoms with van der Waals surface area (Å²) >= 11 is 0. The third-order valence-corrected chi connectivity index (χ3v) is 5.83. The predicted octanol–water partition coefficient (Wildman–Crippen LogP) is 4.25. The number of aryl methyl sites for hydroxylation is 1. The molecule has 0 aliphatic heterocycles. The fourth-order valence-electron chi connectivity index (χ4n) is 3.99. The van der Waals surface area contributed by atoms with E-state index in [1.54, 1.807) is 22.9 Å². The summed E-state index contributed by atoms with van der Waals surface area (Å²) in [5, 5.41) is 28.0. The molecular weight excluding hydrogens is 449 g/mol. The summed E-state index contributed by atoms with van der Waals surface area (Å²) in [5.74, 6) is -1.51. The molecule has 0 saturated heterocycles. The zero-order valence-corrected chi connectivity index (χ0v) is 18.7. The number of carboxylic acid groups (broad SMARTS) is 1. The summed E-state index contributed by atoms with van der Waals surface area (Å²) in [7, 11) is 1.81. The van der Waals surface area contributed by atoms with Crippen LogP contribution in [0.1, 0.15) is 27.8 Å². The minimum absolute atomic E-state index is 0.211. The van der Waals surface area contributed by atoms with Gasteiger partial charge in [0.05, 0.1) is 11.3 Å². The van der Waals surface area contributed by atoms with Crippen LogP contribution in [0.25, 0.3) is 33.4 Å². The van der Waals surface area contributed by atoms with Crippen LogP contribution in [0.3, 0.4) is 0 Å². The van der Waals surface area contributed by atoms with Crippen LogP contribution < -0.4 is 5.32 Å². The van der Waals surface area contributed by atoms with Crippen molar-refractivity contribution in [3.05, 3.63) is 95.7 Å². The third kappa shape index (κ3) is 4.68. The molecule has 0 bridgehead atoms. The molecule has 2 aromatic carbocycles. The first-order valence-electron chi connectivity index (χ1n) is 10.9. The number of rotatable bonds is 7. The SMILES string of the molecule is Cn1nc(C(O)NCc2ccc(C(=O)O)cc2)cc1-c1ccc2[nH]c(-c3ccnc(F)c3)cc2c1. The van der Waals surface area contributed by atoms with Crippen molar-refractivity contribution in [2.75, 3.05) is 0 Å². The molecule has 1 unspecified atom stereocenters. The molecule has 176 valence electrons. The number of aromatic nitrogens is 4. The van der Waals surface area contributed by atoms with E-state index in [-0.39, 0.29) is 5.56 Å². The van der Waals surface area contributed by atoms with E-state index in [1.165, 1.54) is 24.4 Å². The van der Waals surface area contributed by atoms with Gasteiger partial charge in [0.2, 0.25) is 5.95 Å². The molecule has 5 aromatic rings. The van der Waals surface area contributed by atoms with Gasteiger partial charge in [-0.15, -0.1) is 0 Å². The van der Waals surface area contributed by atoms with E-state index < -0.39 is 18.1 Å². The number of benzene rings is 2. The largest absolute Gasteiger partial charge is 0.478 e. The lowest BCUT2D eigenvalue weighted by Gasteiger charge is -2.10. The average Bonchev–Trinajstić information content (AvgIpc) is 3.46. The van der Waals surface area contributed by atoms with Crippen molar-refractivity contribution in [3.63, 3.8) is 0 Å².